The van der Waals surface area contributed by atoms with Crippen molar-refractivity contribution in [2.24, 2.45) is 0 Å². The Hall–Kier alpha value is -4.78. The average molecular weight is 871 g/mol. The molecule has 4 atom stereocenters. The van der Waals surface area contributed by atoms with Crippen molar-refractivity contribution in [3.05, 3.63) is 179 Å². The quantitative estimate of drug-likeness (QED) is 0.119. The summed E-state index contributed by atoms with van der Waals surface area (Å²) in [6.45, 7) is 17.0. The monoisotopic (exact) mass is 870 g/mol. The summed E-state index contributed by atoms with van der Waals surface area (Å²) in [6, 6.07) is 48.9. The van der Waals surface area contributed by atoms with Gasteiger partial charge in [-0.1, -0.05) is 163 Å². The Labute approximate surface area is 369 Å². The first-order chi connectivity index (χ1) is 29.7. The zero-order chi connectivity index (χ0) is 43.9. The molecule has 8 nitrogen and oxygen atoms in total. The van der Waals surface area contributed by atoms with Gasteiger partial charge in [-0.3, -0.25) is 18.1 Å². The molecule has 8 rings (SSSR count). The third-order valence-electron chi connectivity index (χ3n) is 11.7. The minimum absolute atomic E-state index is 0.391. The van der Waals surface area contributed by atoms with Crippen LogP contribution in [0, 0.1) is 0 Å². The van der Waals surface area contributed by atoms with Gasteiger partial charge in [-0.05, 0) is 71.2 Å². The van der Waals surface area contributed by atoms with Gasteiger partial charge in [-0.2, -0.15) is 0 Å². The molecule has 2 heterocycles. The second-order valence-electron chi connectivity index (χ2n) is 17.8. The van der Waals surface area contributed by atoms with Crippen molar-refractivity contribution >= 4 is 17.2 Å². The molecule has 0 bridgehead atoms. The molecule has 4 unspecified atom stereocenters. The molecule has 6 aromatic rings. The lowest BCUT2D eigenvalue weighted by molar-refractivity contribution is 0.0849. The zero-order valence-electron chi connectivity index (χ0n) is 37.2. The molecule has 2 fully saturated rings. The Morgan fingerprint density at radius 2 is 0.742 bits per heavy atom. The standard InChI is InChI=1S/C52H56O8P2/c1-35-51(37-23-15-11-16-24-37,38-25-17-12-18-26-38)59-61(55-35)57-47-43(31-41(53-9)33-45(47)49(3,4)5)44-32-42(54-10)34-46(50(6,7)8)48(44)58-62-56-36(2)52(60-62,39-27-19-13-20-28-39)40-29-21-14-22-30-40/h11-36H,1-10H3. The summed E-state index contributed by atoms with van der Waals surface area (Å²) in [6.07, 6.45) is -0.783. The van der Waals surface area contributed by atoms with E-state index in [2.05, 4.69) is 90.1 Å². The van der Waals surface area contributed by atoms with Crippen LogP contribution in [0.15, 0.2) is 146 Å². The predicted octanol–water partition coefficient (Wildman–Crippen LogP) is 13.9. The summed E-state index contributed by atoms with van der Waals surface area (Å²) < 4.78 is 54.3. The minimum atomic E-state index is -1.97. The molecule has 2 aliphatic heterocycles. The van der Waals surface area contributed by atoms with Gasteiger partial charge in [0.1, 0.15) is 35.2 Å². The maximum atomic E-state index is 7.19. The fourth-order valence-corrected chi connectivity index (χ4v) is 11.4. The van der Waals surface area contributed by atoms with Gasteiger partial charge < -0.3 is 18.5 Å². The molecule has 0 amide bonds. The smallest absolute Gasteiger partial charge is 0.399 e. The number of methoxy groups -OCH3 is 2. The Balaban J connectivity index is 1.29. The summed E-state index contributed by atoms with van der Waals surface area (Å²) in [5.74, 6) is 2.48. The SMILES string of the molecule is COc1cc(-c2cc(OC)cc(C(C)(C)C)c2OP2OC(C)C(c3ccccc3)(c3ccccc3)O2)c(OP2OC(C)C(c3ccccc3)(c3ccccc3)O2)c(C(C)(C)C)c1. The van der Waals surface area contributed by atoms with Crippen LogP contribution in [0.1, 0.15) is 88.8 Å². The van der Waals surface area contributed by atoms with Crippen molar-refractivity contribution in [1.29, 1.82) is 0 Å². The highest BCUT2D eigenvalue weighted by molar-refractivity contribution is 7.42. The average Bonchev–Trinajstić information content (AvgIpc) is 3.79. The highest BCUT2D eigenvalue weighted by atomic mass is 31.2. The maximum Gasteiger partial charge on any atom is 0.399 e. The van der Waals surface area contributed by atoms with Crippen molar-refractivity contribution in [3.8, 4) is 34.1 Å². The molecular formula is C52H56O8P2. The molecule has 10 heteroatoms. The first-order valence-corrected chi connectivity index (χ1v) is 23.2. The summed E-state index contributed by atoms with van der Waals surface area (Å²) in [5, 5.41) is 0. The van der Waals surface area contributed by atoms with Crippen LogP contribution in [-0.4, -0.2) is 26.4 Å². The second kappa shape index (κ2) is 17.4. The van der Waals surface area contributed by atoms with Crippen molar-refractivity contribution < 1.29 is 36.6 Å². The van der Waals surface area contributed by atoms with Crippen LogP contribution in [-0.2, 0) is 40.1 Å². The lowest BCUT2D eigenvalue weighted by Crippen LogP contribution is -2.36. The van der Waals surface area contributed by atoms with Crippen LogP contribution < -0.4 is 18.5 Å². The Kier molecular flexibility index (Phi) is 12.3. The van der Waals surface area contributed by atoms with E-state index in [1.807, 2.05) is 111 Å². The van der Waals surface area contributed by atoms with E-state index in [0.717, 1.165) is 33.4 Å². The van der Waals surface area contributed by atoms with Gasteiger partial charge in [0.05, 0.1) is 14.2 Å². The number of hydrogen-bond donors (Lipinski definition) is 0. The van der Waals surface area contributed by atoms with Gasteiger partial charge in [0, 0.05) is 22.3 Å². The van der Waals surface area contributed by atoms with E-state index in [4.69, 9.17) is 36.6 Å². The third-order valence-corrected chi connectivity index (χ3v) is 14.2. The fraction of sp³-hybridized carbons (Fsp3) is 0.308. The molecule has 0 radical (unpaired) electrons. The molecule has 2 aliphatic rings. The zero-order valence-corrected chi connectivity index (χ0v) is 39.0. The van der Waals surface area contributed by atoms with E-state index in [1.165, 1.54) is 0 Å². The van der Waals surface area contributed by atoms with E-state index >= 15 is 0 Å². The van der Waals surface area contributed by atoms with Crippen molar-refractivity contribution in [2.75, 3.05) is 14.2 Å². The molecule has 2 saturated heterocycles. The van der Waals surface area contributed by atoms with Crippen molar-refractivity contribution in [2.45, 2.75) is 89.6 Å². The number of hydrogen-bond acceptors (Lipinski definition) is 8. The molecule has 62 heavy (non-hydrogen) atoms. The van der Waals surface area contributed by atoms with Crippen LogP contribution in [0.5, 0.6) is 23.0 Å². The summed E-state index contributed by atoms with van der Waals surface area (Å²) in [4.78, 5) is 0. The lowest BCUT2D eigenvalue weighted by Gasteiger charge is -2.32. The van der Waals surface area contributed by atoms with Gasteiger partial charge in [-0.15, -0.1) is 0 Å². The van der Waals surface area contributed by atoms with Crippen molar-refractivity contribution in [3.63, 3.8) is 0 Å². The predicted molar refractivity (Wildman–Crippen MR) is 248 cm³/mol. The Morgan fingerprint density at radius 3 is 1.00 bits per heavy atom. The summed E-state index contributed by atoms with van der Waals surface area (Å²) >= 11 is 0. The van der Waals surface area contributed by atoms with Crippen LogP contribution in [0.2, 0.25) is 0 Å². The molecule has 0 N–H and O–H groups in total. The highest BCUT2D eigenvalue weighted by Gasteiger charge is 2.54. The Morgan fingerprint density at radius 1 is 0.452 bits per heavy atom. The van der Waals surface area contributed by atoms with E-state index in [9.17, 15) is 0 Å². The molecule has 322 valence electrons. The van der Waals surface area contributed by atoms with E-state index in [1.54, 1.807) is 14.2 Å². The highest BCUT2D eigenvalue weighted by Crippen LogP contribution is 2.64. The largest absolute Gasteiger partial charge is 0.497 e. The minimum Gasteiger partial charge on any atom is -0.497 e. The van der Waals surface area contributed by atoms with Gasteiger partial charge in [-0.25, -0.2) is 0 Å². The number of benzene rings is 6. The topological polar surface area (TPSA) is 73.8 Å². The van der Waals surface area contributed by atoms with Gasteiger partial charge in [0.25, 0.3) is 0 Å². The molecule has 0 spiro atoms. The second-order valence-corrected chi connectivity index (χ2v) is 19.9. The van der Waals surface area contributed by atoms with Crippen LogP contribution in [0.4, 0.5) is 0 Å². The number of ether oxygens (including phenoxy) is 2. The van der Waals surface area contributed by atoms with E-state index in [0.29, 0.717) is 34.1 Å². The molecular weight excluding hydrogens is 815 g/mol. The lowest BCUT2D eigenvalue weighted by atomic mass is 9.81. The van der Waals surface area contributed by atoms with E-state index in [-0.39, 0.29) is 0 Å². The van der Waals surface area contributed by atoms with Gasteiger partial charge in [0.15, 0.2) is 11.2 Å². The first-order valence-electron chi connectivity index (χ1n) is 21.0. The first kappa shape index (κ1) is 43.9. The summed E-state index contributed by atoms with van der Waals surface area (Å²) in [7, 11) is -0.591. The number of rotatable bonds is 11. The normalized spacial score (nSPS) is 20.7. The third kappa shape index (κ3) is 8.14. The summed E-state index contributed by atoms with van der Waals surface area (Å²) in [5.41, 5.74) is 4.47. The van der Waals surface area contributed by atoms with Gasteiger partial charge in [0.2, 0.25) is 0 Å². The molecule has 0 saturated carbocycles. The van der Waals surface area contributed by atoms with Gasteiger partial charge >= 0.3 is 17.2 Å². The van der Waals surface area contributed by atoms with Crippen LogP contribution in [0.3, 0.4) is 0 Å². The van der Waals surface area contributed by atoms with Crippen molar-refractivity contribution in [1.82, 2.24) is 0 Å². The Bertz CT molecular complexity index is 2220. The van der Waals surface area contributed by atoms with E-state index < -0.39 is 51.4 Å². The fourth-order valence-electron chi connectivity index (χ4n) is 8.44. The van der Waals surface area contributed by atoms with Crippen LogP contribution >= 0.6 is 17.2 Å². The molecule has 0 aliphatic carbocycles. The van der Waals surface area contributed by atoms with Crippen LogP contribution in [0.25, 0.3) is 11.1 Å². The maximum absolute atomic E-state index is 7.19. The molecule has 6 aromatic carbocycles. The molecule has 0 aromatic heterocycles.